The van der Waals surface area contributed by atoms with E-state index in [4.69, 9.17) is 18.0 Å². The van der Waals surface area contributed by atoms with Crippen LogP contribution in [0.2, 0.25) is 5.15 Å². The fraction of sp³-hybridized carbons (Fsp3) is 0. The molecule has 0 aliphatic rings. The van der Waals surface area contributed by atoms with E-state index in [1.807, 2.05) is 24.3 Å². The normalized spacial score (nSPS) is 9.85. The quantitative estimate of drug-likeness (QED) is 0.457. The summed E-state index contributed by atoms with van der Waals surface area (Å²) in [6, 6.07) is 7.56. The molecule has 0 amide bonds. The first-order valence-corrected chi connectivity index (χ1v) is 4.19. The Morgan fingerprint density at radius 3 is 2.85 bits per heavy atom. The highest BCUT2D eigenvalue weighted by molar-refractivity contribution is 6.30. The van der Waals surface area contributed by atoms with Crippen molar-refractivity contribution in [2.45, 2.75) is 0 Å². The van der Waals surface area contributed by atoms with Crippen LogP contribution in [-0.4, -0.2) is 4.98 Å². The van der Waals surface area contributed by atoms with Gasteiger partial charge in [0, 0.05) is 17.1 Å². The van der Waals surface area contributed by atoms with E-state index in [0.29, 0.717) is 5.15 Å². The molecule has 0 radical (unpaired) electrons. The SMILES string of the molecule is C#Cc1ccc2cc(Cl)ncc2c1. The number of hydrogen-bond donors (Lipinski definition) is 0. The number of halogens is 1. The third kappa shape index (κ3) is 1.49. The lowest BCUT2D eigenvalue weighted by Crippen LogP contribution is -1.79. The van der Waals surface area contributed by atoms with E-state index in [1.165, 1.54) is 0 Å². The number of terminal acetylenes is 1. The molecule has 2 aromatic rings. The van der Waals surface area contributed by atoms with Crippen LogP contribution in [0.4, 0.5) is 0 Å². The second kappa shape index (κ2) is 3.08. The number of nitrogens with zero attached hydrogens (tertiary/aromatic N) is 1. The standard InChI is InChI=1S/C11H6ClN/c1-2-8-3-4-9-6-11(12)13-7-10(9)5-8/h1,3-7H. The summed E-state index contributed by atoms with van der Waals surface area (Å²) in [5, 5.41) is 2.57. The summed E-state index contributed by atoms with van der Waals surface area (Å²) < 4.78 is 0. The Morgan fingerprint density at radius 2 is 2.08 bits per heavy atom. The van der Waals surface area contributed by atoms with Gasteiger partial charge in [-0.1, -0.05) is 23.6 Å². The highest BCUT2D eigenvalue weighted by Gasteiger charge is 1.96. The van der Waals surface area contributed by atoms with Gasteiger partial charge in [0.2, 0.25) is 0 Å². The van der Waals surface area contributed by atoms with Crippen molar-refractivity contribution in [1.29, 1.82) is 0 Å². The highest BCUT2D eigenvalue weighted by atomic mass is 35.5. The second-order valence-corrected chi connectivity index (χ2v) is 3.10. The molecule has 0 N–H and O–H groups in total. The maximum absolute atomic E-state index is 5.74. The van der Waals surface area contributed by atoms with Crippen LogP contribution in [0.25, 0.3) is 10.8 Å². The average molecular weight is 188 g/mol. The molecule has 1 nitrogen and oxygen atoms in total. The first kappa shape index (κ1) is 8.10. The van der Waals surface area contributed by atoms with Crippen molar-refractivity contribution in [1.82, 2.24) is 4.98 Å². The molecule has 0 fully saturated rings. The molecule has 13 heavy (non-hydrogen) atoms. The predicted molar refractivity (Wildman–Crippen MR) is 54.7 cm³/mol. The monoisotopic (exact) mass is 187 g/mol. The van der Waals surface area contributed by atoms with Gasteiger partial charge in [-0.05, 0) is 23.6 Å². The molecule has 1 heterocycles. The van der Waals surface area contributed by atoms with Gasteiger partial charge in [0.15, 0.2) is 0 Å². The molecule has 0 aliphatic heterocycles. The molecule has 0 atom stereocenters. The van der Waals surface area contributed by atoms with Crippen LogP contribution in [-0.2, 0) is 0 Å². The van der Waals surface area contributed by atoms with E-state index in [1.54, 1.807) is 6.20 Å². The number of aromatic nitrogens is 1. The number of benzene rings is 1. The lowest BCUT2D eigenvalue weighted by molar-refractivity contribution is 1.36. The van der Waals surface area contributed by atoms with Crippen molar-refractivity contribution >= 4 is 22.4 Å². The van der Waals surface area contributed by atoms with E-state index < -0.39 is 0 Å². The maximum atomic E-state index is 5.74. The third-order valence-corrected chi connectivity index (χ3v) is 2.06. The highest BCUT2D eigenvalue weighted by Crippen LogP contribution is 2.17. The molecule has 0 spiro atoms. The summed E-state index contributed by atoms with van der Waals surface area (Å²) in [7, 11) is 0. The molecule has 0 unspecified atom stereocenters. The van der Waals surface area contributed by atoms with Gasteiger partial charge in [-0.15, -0.1) is 6.42 Å². The van der Waals surface area contributed by atoms with Gasteiger partial charge in [0.05, 0.1) is 0 Å². The van der Waals surface area contributed by atoms with Crippen molar-refractivity contribution < 1.29 is 0 Å². The van der Waals surface area contributed by atoms with Crippen LogP contribution < -0.4 is 0 Å². The minimum atomic E-state index is 0.501. The Balaban J connectivity index is 2.75. The lowest BCUT2D eigenvalue weighted by atomic mass is 10.1. The van der Waals surface area contributed by atoms with Gasteiger partial charge in [0.1, 0.15) is 5.15 Å². The zero-order valence-corrected chi connectivity index (χ0v) is 7.55. The summed E-state index contributed by atoms with van der Waals surface area (Å²) in [4.78, 5) is 3.98. The number of pyridine rings is 1. The van der Waals surface area contributed by atoms with Crippen LogP contribution in [0.3, 0.4) is 0 Å². The van der Waals surface area contributed by atoms with Gasteiger partial charge in [-0.3, -0.25) is 0 Å². The molecular formula is C11H6ClN. The van der Waals surface area contributed by atoms with Crippen LogP contribution in [0.15, 0.2) is 30.5 Å². The van der Waals surface area contributed by atoms with Crippen LogP contribution in [0, 0.1) is 12.3 Å². The second-order valence-electron chi connectivity index (χ2n) is 2.71. The zero-order chi connectivity index (χ0) is 9.26. The topological polar surface area (TPSA) is 12.9 Å². The maximum Gasteiger partial charge on any atom is 0.129 e. The Bertz CT molecular complexity index is 497. The fourth-order valence-electron chi connectivity index (χ4n) is 1.20. The molecule has 0 bridgehead atoms. The molecular weight excluding hydrogens is 182 g/mol. The smallest absolute Gasteiger partial charge is 0.129 e. The Labute approximate surface area is 81.4 Å². The lowest BCUT2D eigenvalue weighted by Gasteiger charge is -1.97. The summed E-state index contributed by atoms with van der Waals surface area (Å²) >= 11 is 5.74. The summed E-state index contributed by atoms with van der Waals surface area (Å²) in [6.45, 7) is 0. The van der Waals surface area contributed by atoms with Gasteiger partial charge >= 0.3 is 0 Å². The van der Waals surface area contributed by atoms with Crippen LogP contribution in [0.5, 0.6) is 0 Å². The average Bonchev–Trinajstić information content (AvgIpc) is 2.17. The van der Waals surface area contributed by atoms with Gasteiger partial charge in [-0.2, -0.15) is 0 Å². The Morgan fingerprint density at radius 1 is 1.23 bits per heavy atom. The molecule has 62 valence electrons. The fourth-order valence-corrected chi connectivity index (χ4v) is 1.37. The van der Waals surface area contributed by atoms with E-state index in [2.05, 4.69) is 10.9 Å². The van der Waals surface area contributed by atoms with Crippen molar-refractivity contribution in [2.75, 3.05) is 0 Å². The minimum Gasteiger partial charge on any atom is -0.244 e. The van der Waals surface area contributed by atoms with Crippen LogP contribution in [0.1, 0.15) is 5.56 Å². The molecule has 2 heteroatoms. The Kier molecular flexibility index (Phi) is 1.92. The van der Waals surface area contributed by atoms with Crippen molar-refractivity contribution in [2.24, 2.45) is 0 Å². The number of fused-ring (bicyclic) bond motifs is 1. The number of rotatable bonds is 0. The molecule has 0 saturated heterocycles. The largest absolute Gasteiger partial charge is 0.244 e. The van der Waals surface area contributed by atoms with Gasteiger partial charge in [0.25, 0.3) is 0 Å². The summed E-state index contributed by atoms with van der Waals surface area (Å²) in [5.41, 5.74) is 0.858. The zero-order valence-electron chi connectivity index (χ0n) is 6.79. The van der Waals surface area contributed by atoms with E-state index in [-0.39, 0.29) is 0 Å². The van der Waals surface area contributed by atoms with Crippen molar-refractivity contribution in [3.8, 4) is 12.3 Å². The van der Waals surface area contributed by atoms with E-state index >= 15 is 0 Å². The van der Waals surface area contributed by atoms with Crippen molar-refractivity contribution in [3.63, 3.8) is 0 Å². The predicted octanol–water partition coefficient (Wildman–Crippen LogP) is 2.87. The third-order valence-electron chi connectivity index (χ3n) is 1.86. The molecule has 1 aromatic carbocycles. The van der Waals surface area contributed by atoms with E-state index in [0.717, 1.165) is 16.3 Å². The summed E-state index contributed by atoms with van der Waals surface area (Å²) in [6.07, 6.45) is 7.00. The van der Waals surface area contributed by atoms with Gasteiger partial charge in [-0.25, -0.2) is 4.98 Å². The Hall–Kier alpha value is -1.52. The summed E-state index contributed by atoms with van der Waals surface area (Å²) in [5.74, 6) is 2.57. The molecule has 1 aromatic heterocycles. The number of hydrogen-bond acceptors (Lipinski definition) is 1. The molecule has 0 saturated carbocycles. The molecule has 2 rings (SSSR count). The van der Waals surface area contributed by atoms with E-state index in [9.17, 15) is 0 Å². The first-order chi connectivity index (χ1) is 6.29. The molecule has 0 aliphatic carbocycles. The minimum absolute atomic E-state index is 0.501. The first-order valence-electron chi connectivity index (χ1n) is 3.81. The van der Waals surface area contributed by atoms with Crippen LogP contribution >= 0.6 is 11.6 Å². The van der Waals surface area contributed by atoms with Gasteiger partial charge < -0.3 is 0 Å². The van der Waals surface area contributed by atoms with Crippen molar-refractivity contribution in [3.05, 3.63) is 41.2 Å².